The molecule has 1 heterocycles. The van der Waals surface area contributed by atoms with E-state index in [-0.39, 0.29) is 11.4 Å². The summed E-state index contributed by atoms with van der Waals surface area (Å²) in [6, 6.07) is 7.84. The molecule has 1 saturated carbocycles. The van der Waals surface area contributed by atoms with Gasteiger partial charge >= 0.3 is 0 Å². The Morgan fingerprint density at radius 2 is 2.00 bits per heavy atom. The molecular formula is C17H21BrN4O. The Morgan fingerprint density at radius 1 is 1.35 bits per heavy atom. The number of nitrogens with zero attached hydrogens (tertiary/aromatic N) is 2. The van der Waals surface area contributed by atoms with E-state index in [1.165, 1.54) is 0 Å². The molecule has 0 spiro atoms. The van der Waals surface area contributed by atoms with E-state index in [0.717, 1.165) is 41.5 Å². The van der Waals surface area contributed by atoms with Crippen LogP contribution in [-0.2, 0) is 0 Å². The average Bonchev–Trinajstić information content (AvgIpc) is 3.16. The molecule has 0 radical (unpaired) electrons. The maximum atomic E-state index is 12.7. The second kappa shape index (κ2) is 6.45. The van der Waals surface area contributed by atoms with Crippen LogP contribution in [-0.4, -0.2) is 27.8 Å². The Morgan fingerprint density at radius 3 is 2.61 bits per heavy atom. The average molecular weight is 377 g/mol. The van der Waals surface area contributed by atoms with Crippen LogP contribution in [0.4, 0.5) is 0 Å². The SMILES string of the molecule is Cc1c(C(=O)NC2(CN)CCCC2)cnn1-c1ccc(Br)cc1. The quantitative estimate of drug-likeness (QED) is 0.861. The van der Waals surface area contributed by atoms with Gasteiger partial charge in [-0.3, -0.25) is 4.79 Å². The molecule has 1 amide bonds. The third-order valence-electron chi connectivity index (χ3n) is 4.66. The molecule has 1 aromatic heterocycles. The molecule has 3 N–H and O–H groups in total. The summed E-state index contributed by atoms with van der Waals surface area (Å²) in [5, 5.41) is 7.52. The summed E-state index contributed by atoms with van der Waals surface area (Å²) in [6.07, 6.45) is 5.78. The number of hydrogen-bond acceptors (Lipinski definition) is 3. The summed E-state index contributed by atoms with van der Waals surface area (Å²) in [4.78, 5) is 12.7. The Kier molecular flexibility index (Phi) is 4.55. The van der Waals surface area contributed by atoms with Crippen molar-refractivity contribution in [2.24, 2.45) is 5.73 Å². The van der Waals surface area contributed by atoms with E-state index in [4.69, 9.17) is 5.73 Å². The predicted octanol–water partition coefficient (Wildman–Crippen LogP) is 2.94. The zero-order valence-corrected chi connectivity index (χ0v) is 14.8. The van der Waals surface area contributed by atoms with Crippen LogP contribution in [0.25, 0.3) is 5.69 Å². The third kappa shape index (κ3) is 3.19. The first-order valence-corrected chi connectivity index (χ1v) is 8.67. The molecule has 0 aliphatic heterocycles. The fourth-order valence-corrected chi connectivity index (χ4v) is 3.48. The van der Waals surface area contributed by atoms with Crippen molar-refractivity contribution in [1.82, 2.24) is 15.1 Å². The topological polar surface area (TPSA) is 72.9 Å². The van der Waals surface area contributed by atoms with Gasteiger partial charge in [-0.2, -0.15) is 5.10 Å². The minimum Gasteiger partial charge on any atom is -0.345 e. The van der Waals surface area contributed by atoms with E-state index in [2.05, 4.69) is 26.3 Å². The summed E-state index contributed by atoms with van der Waals surface area (Å²) in [5.41, 5.74) is 8.02. The van der Waals surface area contributed by atoms with E-state index in [0.29, 0.717) is 12.1 Å². The second-order valence-electron chi connectivity index (χ2n) is 6.18. The first-order valence-electron chi connectivity index (χ1n) is 7.88. The van der Waals surface area contributed by atoms with Gasteiger partial charge in [0.05, 0.1) is 28.7 Å². The van der Waals surface area contributed by atoms with Crippen molar-refractivity contribution in [2.45, 2.75) is 38.1 Å². The zero-order valence-electron chi connectivity index (χ0n) is 13.2. The van der Waals surface area contributed by atoms with E-state index in [9.17, 15) is 4.79 Å². The van der Waals surface area contributed by atoms with Crippen LogP contribution in [0.15, 0.2) is 34.9 Å². The maximum absolute atomic E-state index is 12.7. The van der Waals surface area contributed by atoms with Gasteiger partial charge in [0.2, 0.25) is 0 Å². The number of benzene rings is 1. The van der Waals surface area contributed by atoms with Crippen LogP contribution in [0, 0.1) is 6.92 Å². The second-order valence-corrected chi connectivity index (χ2v) is 7.09. The summed E-state index contributed by atoms with van der Waals surface area (Å²) in [7, 11) is 0. The zero-order chi connectivity index (χ0) is 16.4. The highest BCUT2D eigenvalue weighted by atomic mass is 79.9. The van der Waals surface area contributed by atoms with Crippen molar-refractivity contribution in [3.8, 4) is 5.69 Å². The van der Waals surface area contributed by atoms with Gasteiger partial charge in [0.25, 0.3) is 5.91 Å². The Hall–Kier alpha value is -1.66. The fourth-order valence-electron chi connectivity index (χ4n) is 3.22. The minimum absolute atomic E-state index is 0.0850. The number of nitrogens with two attached hydrogens (primary N) is 1. The minimum atomic E-state index is -0.247. The molecule has 23 heavy (non-hydrogen) atoms. The highest BCUT2D eigenvalue weighted by molar-refractivity contribution is 9.10. The van der Waals surface area contributed by atoms with E-state index in [1.54, 1.807) is 10.9 Å². The van der Waals surface area contributed by atoms with E-state index < -0.39 is 0 Å². The maximum Gasteiger partial charge on any atom is 0.255 e. The smallest absolute Gasteiger partial charge is 0.255 e. The number of nitrogens with one attached hydrogen (secondary N) is 1. The molecule has 6 heteroatoms. The molecule has 122 valence electrons. The molecular weight excluding hydrogens is 356 g/mol. The molecule has 0 saturated heterocycles. The monoisotopic (exact) mass is 376 g/mol. The van der Waals surface area contributed by atoms with Gasteiger partial charge in [0, 0.05) is 11.0 Å². The van der Waals surface area contributed by atoms with Crippen molar-refractivity contribution in [3.05, 3.63) is 46.2 Å². The molecule has 1 aliphatic rings. The van der Waals surface area contributed by atoms with Gasteiger partial charge in [-0.15, -0.1) is 0 Å². The summed E-state index contributed by atoms with van der Waals surface area (Å²) < 4.78 is 2.79. The number of amides is 1. The first-order chi connectivity index (χ1) is 11.0. The number of aromatic nitrogens is 2. The van der Waals surface area contributed by atoms with Crippen LogP contribution in [0.1, 0.15) is 41.7 Å². The number of halogens is 1. The largest absolute Gasteiger partial charge is 0.345 e. The summed E-state index contributed by atoms with van der Waals surface area (Å²) >= 11 is 3.42. The number of hydrogen-bond donors (Lipinski definition) is 2. The predicted molar refractivity (Wildman–Crippen MR) is 93.7 cm³/mol. The van der Waals surface area contributed by atoms with Crippen LogP contribution >= 0.6 is 15.9 Å². The van der Waals surface area contributed by atoms with Crippen molar-refractivity contribution in [3.63, 3.8) is 0 Å². The molecule has 0 bridgehead atoms. The molecule has 0 unspecified atom stereocenters. The Bertz CT molecular complexity index is 702. The van der Waals surface area contributed by atoms with Gasteiger partial charge in [0.1, 0.15) is 0 Å². The lowest BCUT2D eigenvalue weighted by atomic mass is 9.97. The van der Waals surface area contributed by atoms with Crippen LogP contribution in [0.3, 0.4) is 0 Å². The molecule has 1 fully saturated rings. The molecule has 1 aromatic carbocycles. The lowest BCUT2D eigenvalue weighted by Gasteiger charge is -2.28. The van der Waals surface area contributed by atoms with E-state index >= 15 is 0 Å². The third-order valence-corrected chi connectivity index (χ3v) is 5.18. The number of rotatable bonds is 4. The molecule has 3 rings (SSSR count). The highest BCUT2D eigenvalue weighted by Crippen LogP contribution is 2.29. The highest BCUT2D eigenvalue weighted by Gasteiger charge is 2.34. The van der Waals surface area contributed by atoms with Crippen molar-refractivity contribution in [1.29, 1.82) is 0 Å². The fraction of sp³-hybridized carbons (Fsp3) is 0.412. The molecule has 0 atom stereocenters. The number of carbonyl (C=O) groups excluding carboxylic acids is 1. The lowest BCUT2D eigenvalue weighted by molar-refractivity contribution is 0.0902. The van der Waals surface area contributed by atoms with Gasteiger partial charge in [0.15, 0.2) is 0 Å². The van der Waals surface area contributed by atoms with Gasteiger partial charge in [-0.1, -0.05) is 28.8 Å². The number of carbonyl (C=O) groups is 1. The normalized spacial score (nSPS) is 16.5. The van der Waals surface area contributed by atoms with E-state index in [1.807, 2.05) is 31.2 Å². The van der Waals surface area contributed by atoms with Crippen molar-refractivity contribution >= 4 is 21.8 Å². The molecule has 5 nitrogen and oxygen atoms in total. The van der Waals surface area contributed by atoms with Crippen LogP contribution < -0.4 is 11.1 Å². The Labute approximate surface area is 144 Å². The van der Waals surface area contributed by atoms with Gasteiger partial charge < -0.3 is 11.1 Å². The lowest BCUT2D eigenvalue weighted by Crippen LogP contribution is -2.51. The van der Waals surface area contributed by atoms with Crippen LogP contribution in [0.5, 0.6) is 0 Å². The summed E-state index contributed by atoms with van der Waals surface area (Å²) in [6.45, 7) is 2.40. The van der Waals surface area contributed by atoms with Crippen LogP contribution in [0.2, 0.25) is 0 Å². The van der Waals surface area contributed by atoms with Gasteiger partial charge in [-0.25, -0.2) is 4.68 Å². The molecule has 1 aliphatic carbocycles. The van der Waals surface area contributed by atoms with Crippen molar-refractivity contribution in [2.75, 3.05) is 6.54 Å². The van der Waals surface area contributed by atoms with Gasteiger partial charge in [-0.05, 0) is 44.0 Å². The first kappa shape index (κ1) is 16.2. The Balaban J connectivity index is 1.84. The standard InChI is InChI=1S/C17H21BrN4O/c1-12-15(16(23)21-17(11-19)8-2-3-9-17)10-20-22(12)14-6-4-13(18)5-7-14/h4-7,10H,2-3,8-9,11,19H2,1H3,(H,21,23). The molecule has 2 aromatic rings. The summed E-state index contributed by atoms with van der Waals surface area (Å²) in [5.74, 6) is -0.0850. The van der Waals surface area contributed by atoms with Crippen molar-refractivity contribution < 1.29 is 4.79 Å².